The first kappa shape index (κ1) is 15.6. The van der Waals surface area contributed by atoms with Crippen LogP contribution in [0.4, 0.5) is 5.82 Å². The summed E-state index contributed by atoms with van der Waals surface area (Å²) in [5, 5.41) is 3.16. The van der Waals surface area contributed by atoms with E-state index in [4.69, 9.17) is 0 Å². The van der Waals surface area contributed by atoms with Crippen LogP contribution in [0, 0.1) is 6.92 Å². The molecule has 0 saturated carbocycles. The van der Waals surface area contributed by atoms with Crippen molar-refractivity contribution < 1.29 is 4.79 Å². The fraction of sp³-hybridized carbons (Fsp3) is 0.333. The van der Waals surface area contributed by atoms with E-state index in [1.807, 2.05) is 31.2 Å². The molecule has 1 fully saturated rings. The maximum absolute atomic E-state index is 12.5. The third-order valence-electron chi connectivity index (χ3n) is 4.72. The molecule has 3 aromatic rings. The van der Waals surface area contributed by atoms with E-state index in [-0.39, 0.29) is 11.9 Å². The summed E-state index contributed by atoms with van der Waals surface area (Å²) < 4.78 is 0. The number of aromatic nitrogens is 4. The molecule has 7 nitrogen and oxygen atoms in total. The van der Waals surface area contributed by atoms with Gasteiger partial charge in [0.15, 0.2) is 11.5 Å². The van der Waals surface area contributed by atoms with Crippen LogP contribution in [0.2, 0.25) is 0 Å². The van der Waals surface area contributed by atoms with E-state index in [1.54, 1.807) is 12.7 Å². The minimum absolute atomic E-state index is 0.00884. The van der Waals surface area contributed by atoms with Crippen molar-refractivity contribution in [3.8, 4) is 0 Å². The van der Waals surface area contributed by atoms with Gasteiger partial charge in [-0.3, -0.25) is 4.79 Å². The first-order valence-electron chi connectivity index (χ1n) is 8.48. The van der Waals surface area contributed by atoms with Gasteiger partial charge in [-0.1, -0.05) is 18.2 Å². The largest absolute Gasteiger partial charge is 0.355 e. The van der Waals surface area contributed by atoms with Crippen LogP contribution in [0.1, 0.15) is 28.8 Å². The quantitative estimate of drug-likeness (QED) is 0.764. The highest BCUT2D eigenvalue weighted by atomic mass is 16.1. The normalized spacial score (nSPS) is 15.5. The summed E-state index contributed by atoms with van der Waals surface area (Å²) in [5.74, 6) is 0.890. The van der Waals surface area contributed by atoms with Crippen molar-refractivity contribution in [1.29, 1.82) is 0 Å². The van der Waals surface area contributed by atoms with Crippen molar-refractivity contribution >= 4 is 22.9 Å². The van der Waals surface area contributed by atoms with Gasteiger partial charge < -0.3 is 15.2 Å². The van der Waals surface area contributed by atoms with E-state index in [9.17, 15) is 4.79 Å². The van der Waals surface area contributed by atoms with Crippen LogP contribution in [-0.2, 0) is 0 Å². The molecule has 25 heavy (non-hydrogen) atoms. The summed E-state index contributed by atoms with van der Waals surface area (Å²) in [4.78, 5) is 30.5. The Bertz CT molecular complexity index is 897. The number of piperidine rings is 1. The number of benzene rings is 1. The number of nitrogens with one attached hydrogen (secondary N) is 2. The van der Waals surface area contributed by atoms with Gasteiger partial charge in [0.05, 0.1) is 6.33 Å². The molecule has 1 aliphatic heterocycles. The number of aromatic amines is 1. The Hall–Kier alpha value is -2.96. The van der Waals surface area contributed by atoms with Crippen LogP contribution < -0.4 is 10.2 Å². The second kappa shape index (κ2) is 6.51. The number of nitrogens with zero attached hydrogens (tertiary/aromatic N) is 4. The topological polar surface area (TPSA) is 86.8 Å². The molecule has 0 bridgehead atoms. The van der Waals surface area contributed by atoms with E-state index in [0.717, 1.165) is 48.4 Å². The molecule has 0 aliphatic carbocycles. The van der Waals surface area contributed by atoms with Gasteiger partial charge in [0, 0.05) is 24.7 Å². The molecule has 128 valence electrons. The van der Waals surface area contributed by atoms with Crippen molar-refractivity contribution in [1.82, 2.24) is 25.3 Å². The number of imidazole rings is 1. The fourth-order valence-electron chi connectivity index (χ4n) is 3.32. The van der Waals surface area contributed by atoms with E-state index in [1.165, 1.54) is 0 Å². The summed E-state index contributed by atoms with van der Waals surface area (Å²) in [6.07, 6.45) is 4.96. The zero-order valence-electron chi connectivity index (χ0n) is 14.1. The zero-order valence-corrected chi connectivity index (χ0v) is 14.1. The summed E-state index contributed by atoms with van der Waals surface area (Å²) >= 11 is 0. The van der Waals surface area contributed by atoms with E-state index < -0.39 is 0 Å². The average Bonchev–Trinajstić information content (AvgIpc) is 3.11. The molecule has 0 unspecified atom stereocenters. The third kappa shape index (κ3) is 3.05. The first-order chi connectivity index (χ1) is 12.2. The Morgan fingerprint density at radius 3 is 2.80 bits per heavy atom. The Morgan fingerprint density at radius 2 is 2.00 bits per heavy atom. The molecule has 2 N–H and O–H groups in total. The molecule has 1 aliphatic rings. The summed E-state index contributed by atoms with van der Waals surface area (Å²) in [6.45, 7) is 3.63. The predicted molar refractivity (Wildman–Crippen MR) is 95.6 cm³/mol. The van der Waals surface area contributed by atoms with Gasteiger partial charge in [0.25, 0.3) is 5.91 Å². The van der Waals surface area contributed by atoms with Crippen molar-refractivity contribution in [3.05, 3.63) is 48.0 Å². The maximum Gasteiger partial charge on any atom is 0.251 e. The third-order valence-corrected chi connectivity index (χ3v) is 4.72. The van der Waals surface area contributed by atoms with Crippen LogP contribution in [0.15, 0.2) is 36.9 Å². The van der Waals surface area contributed by atoms with Crippen LogP contribution >= 0.6 is 0 Å². The lowest BCUT2D eigenvalue weighted by atomic mass is 10.0. The van der Waals surface area contributed by atoms with Gasteiger partial charge in [-0.2, -0.15) is 0 Å². The number of H-pyrrole nitrogens is 1. The predicted octanol–water partition coefficient (Wildman–Crippen LogP) is 2.06. The van der Waals surface area contributed by atoms with Crippen LogP contribution in [0.3, 0.4) is 0 Å². The number of rotatable bonds is 3. The first-order valence-corrected chi connectivity index (χ1v) is 8.48. The number of fused-ring (bicyclic) bond motifs is 1. The van der Waals surface area contributed by atoms with Gasteiger partial charge in [-0.25, -0.2) is 15.0 Å². The second-order valence-corrected chi connectivity index (χ2v) is 6.35. The molecule has 0 radical (unpaired) electrons. The molecule has 1 amide bonds. The van der Waals surface area contributed by atoms with Gasteiger partial charge in [0.2, 0.25) is 0 Å². The zero-order chi connectivity index (χ0) is 17.2. The Morgan fingerprint density at radius 1 is 1.20 bits per heavy atom. The highest BCUT2D eigenvalue weighted by Crippen LogP contribution is 2.23. The van der Waals surface area contributed by atoms with Gasteiger partial charge in [0.1, 0.15) is 11.8 Å². The van der Waals surface area contributed by atoms with Crippen molar-refractivity contribution in [2.45, 2.75) is 25.8 Å². The van der Waals surface area contributed by atoms with Crippen LogP contribution in [0.25, 0.3) is 11.2 Å². The highest BCUT2D eigenvalue weighted by Gasteiger charge is 2.24. The molecule has 4 rings (SSSR count). The Labute approximate surface area is 145 Å². The molecule has 1 aromatic carbocycles. The minimum Gasteiger partial charge on any atom is -0.355 e. The van der Waals surface area contributed by atoms with Crippen LogP contribution in [-0.4, -0.2) is 45.0 Å². The van der Waals surface area contributed by atoms with E-state index in [2.05, 4.69) is 30.2 Å². The maximum atomic E-state index is 12.5. The minimum atomic E-state index is 0.00884. The molecule has 1 saturated heterocycles. The van der Waals surface area contributed by atoms with Crippen molar-refractivity contribution in [2.24, 2.45) is 0 Å². The summed E-state index contributed by atoms with van der Waals surface area (Å²) in [5.41, 5.74) is 3.30. The monoisotopic (exact) mass is 336 g/mol. The molecule has 3 heterocycles. The molecular formula is C18H20N6O. The molecule has 7 heteroatoms. The Balaban J connectivity index is 1.41. The molecule has 0 atom stereocenters. The number of carbonyl (C=O) groups is 1. The SMILES string of the molecule is Cc1ccccc1C(=O)NC1CCN(c2ncnc3nc[nH]c23)CC1. The standard InChI is InChI=1S/C18H20N6O/c1-12-4-2-3-5-14(12)18(25)23-13-6-8-24(9-7-13)17-15-16(20-10-19-15)21-11-22-17/h2-5,10-11,13H,6-9H2,1H3,(H,23,25)(H,19,20,21,22). The summed E-state index contributed by atoms with van der Waals surface area (Å²) in [7, 11) is 0. The van der Waals surface area contributed by atoms with Crippen LogP contribution in [0.5, 0.6) is 0 Å². The summed E-state index contributed by atoms with van der Waals surface area (Å²) in [6, 6.07) is 7.86. The average molecular weight is 336 g/mol. The second-order valence-electron chi connectivity index (χ2n) is 6.35. The number of carbonyl (C=O) groups excluding carboxylic acids is 1. The number of hydrogen-bond acceptors (Lipinski definition) is 5. The van der Waals surface area contributed by atoms with Crippen molar-refractivity contribution in [2.75, 3.05) is 18.0 Å². The molecule has 2 aromatic heterocycles. The Kier molecular flexibility index (Phi) is 4.05. The fourth-order valence-corrected chi connectivity index (χ4v) is 3.32. The van der Waals surface area contributed by atoms with Gasteiger partial charge in [-0.15, -0.1) is 0 Å². The number of aryl methyl sites for hydroxylation is 1. The molecular weight excluding hydrogens is 316 g/mol. The number of amides is 1. The van der Waals surface area contributed by atoms with Crippen molar-refractivity contribution in [3.63, 3.8) is 0 Å². The molecule has 0 spiro atoms. The highest BCUT2D eigenvalue weighted by molar-refractivity contribution is 5.95. The lowest BCUT2D eigenvalue weighted by molar-refractivity contribution is 0.0930. The smallest absolute Gasteiger partial charge is 0.251 e. The number of anilines is 1. The lowest BCUT2D eigenvalue weighted by Crippen LogP contribution is -2.45. The van der Waals surface area contributed by atoms with E-state index in [0.29, 0.717) is 5.65 Å². The lowest BCUT2D eigenvalue weighted by Gasteiger charge is -2.33. The number of hydrogen-bond donors (Lipinski definition) is 2. The van der Waals surface area contributed by atoms with E-state index >= 15 is 0 Å². The van der Waals surface area contributed by atoms with Gasteiger partial charge in [-0.05, 0) is 31.4 Å². The van der Waals surface area contributed by atoms with Gasteiger partial charge >= 0.3 is 0 Å².